The van der Waals surface area contributed by atoms with Gasteiger partial charge in [0.1, 0.15) is 5.02 Å². The van der Waals surface area contributed by atoms with E-state index in [1.807, 2.05) is 0 Å². The summed E-state index contributed by atoms with van der Waals surface area (Å²) < 4.78 is 5.14. The third-order valence-corrected chi connectivity index (χ3v) is 4.01. The van der Waals surface area contributed by atoms with Gasteiger partial charge in [-0.25, -0.2) is 0 Å². The Kier molecular flexibility index (Phi) is 5.14. The SMILES string of the molecule is COCC1CCCN(C(=O)c2cccc([N+](=O)[O-])c2Cl)C1. The van der Waals surface area contributed by atoms with E-state index < -0.39 is 4.92 Å². The number of methoxy groups -OCH3 is 1. The fraction of sp³-hybridized carbons (Fsp3) is 0.500. The van der Waals surface area contributed by atoms with Crippen LogP contribution in [-0.4, -0.2) is 42.5 Å². The Labute approximate surface area is 127 Å². The molecule has 1 saturated heterocycles. The normalized spacial score (nSPS) is 18.6. The van der Waals surface area contributed by atoms with E-state index in [9.17, 15) is 14.9 Å². The van der Waals surface area contributed by atoms with Gasteiger partial charge in [-0.3, -0.25) is 14.9 Å². The molecule has 6 nitrogen and oxygen atoms in total. The lowest BCUT2D eigenvalue weighted by Crippen LogP contribution is -2.41. The number of rotatable bonds is 4. The van der Waals surface area contributed by atoms with Crippen molar-refractivity contribution in [1.29, 1.82) is 0 Å². The first-order valence-electron chi connectivity index (χ1n) is 6.75. The molecule has 7 heteroatoms. The van der Waals surface area contributed by atoms with E-state index in [2.05, 4.69) is 0 Å². The number of hydrogen-bond donors (Lipinski definition) is 0. The van der Waals surface area contributed by atoms with E-state index >= 15 is 0 Å². The van der Waals surface area contributed by atoms with E-state index in [1.165, 1.54) is 18.2 Å². The molecule has 0 saturated carbocycles. The lowest BCUT2D eigenvalue weighted by Gasteiger charge is -2.32. The predicted molar refractivity (Wildman–Crippen MR) is 78.6 cm³/mol. The Morgan fingerprint density at radius 2 is 2.33 bits per heavy atom. The molecule has 0 radical (unpaired) electrons. The molecular weight excluding hydrogens is 296 g/mol. The summed E-state index contributed by atoms with van der Waals surface area (Å²) in [6.07, 6.45) is 1.91. The number of amides is 1. The number of piperidine rings is 1. The maximum absolute atomic E-state index is 12.5. The molecule has 1 heterocycles. The second-order valence-corrected chi connectivity index (χ2v) is 5.49. The first-order chi connectivity index (χ1) is 10.0. The van der Waals surface area contributed by atoms with Crippen molar-refractivity contribution in [1.82, 2.24) is 4.90 Å². The van der Waals surface area contributed by atoms with E-state index in [-0.39, 0.29) is 22.2 Å². The number of hydrogen-bond acceptors (Lipinski definition) is 4. The minimum Gasteiger partial charge on any atom is -0.384 e. The Hall–Kier alpha value is -1.66. The second-order valence-electron chi connectivity index (χ2n) is 5.11. The number of halogens is 1. The monoisotopic (exact) mass is 312 g/mol. The molecule has 0 bridgehead atoms. The Morgan fingerprint density at radius 1 is 1.57 bits per heavy atom. The largest absolute Gasteiger partial charge is 0.384 e. The third-order valence-electron chi connectivity index (χ3n) is 3.61. The van der Waals surface area contributed by atoms with Gasteiger partial charge in [-0.15, -0.1) is 0 Å². The summed E-state index contributed by atoms with van der Waals surface area (Å²) in [7, 11) is 1.64. The van der Waals surface area contributed by atoms with Gasteiger partial charge < -0.3 is 9.64 Å². The van der Waals surface area contributed by atoms with Crippen LogP contribution in [0.3, 0.4) is 0 Å². The summed E-state index contributed by atoms with van der Waals surface area (Å²) in [5.41, 5.74) is -0.0584. The van der Waals surface area contributed by atoms with Gasteiger partial charge in [0.2, 0.25) is 0 Å². The summed E-state index contributed by atoms with van der Waals surface area (Å²) >= 11 is 6.00. The van der Waals surface area contributed by atoms with Crippen LogP contribution in [-0.2, 0) is 4.74 Å². The molecule has 1 aromatic carbocycles. The van der Waals surface area contributed by atoms with Crippen LogP contribution in [0.25, 0.3) is 0 Å². The first-order valence-corrected chi connectivity index (χ1v) is 7.13. The fourth-order valence-corrected chi connectivity index (χ4v) is 2.89. The maximum Gasteiger partial charge on any atom is 0.288 e. The van der Waals surface area contributed by atoms with E-state index in [0.717, 1.165) is 12.8 Å². The molecule has 0 spiro atoms. The summed E-state index contributed by atoms with van der Waals surface area (Å²) in [4.78, 5) is 24.5. The van der Waals surface area contributed by atoms with Crippen molar-refractivity contribution in [3.05, 3.63) is 38.9 Å². The number of benzene rings is 1. The number of likely N-dealkylation sites (tertiary alicyclic amines) is 1. The first kappa shape index (κ1) is 15.7. The topological polar surface area (TPSA) is 72.7 Å². The van der Waals surface area contributed by atoms with Gasteiger partial charge in [0.25, 0.3) is 11.6 Å². The molecule has 114 valence electrons. The molecule has 0 aliphatic carbocycles. The zero-order chi connectivity index (χ0) is 15.4. The highest BCUT2D eigenvalue weighted by Crippen LogP contribution is 2.29. The molecule has 1 fully saturated rings. The average Bonchev–Trinajstić information content (AvgIpc) is 2.47. The molecule has 1 unspecified atom stereocenters. The van der Waals surface area contributed by atoms with Crippen molar-refractivity contribution in [2.75, 3.05) is 26.8 Å². The van der Waals surface area contributed by atoms with Crippen LogP contribution in [0.2, 0.25) is 5.02 Å². The second kappa shape index (κ2) is 6.87. The van der Waals surface area contributed by atoms with Gasteiger partial charge in [0.15, 0.2) is 0 Å². The molecule has 1 amide bonds. The van der Waals surface area contributed by atoms with Gasteiger partial charge in [0.05, 0.1) is 17.1 Å². The quantitative estimate of drug-likeness (QED) is 0.633. The number of carbonyl (C=O) groups is 1. The summed E-state index contributed by atoms with van der Waals surface area (Å²) in [5, 5.41) is 10.8. The molecular formula is C14H17ClN2O4. The number of ether oxygens (including phenoxy) is 1. The highest BCUT2D eigenvalue weighted by Gasteiger charge is 2.27. The predicted octanol–water partition coefficient (Wildman–Crippen LogP) is 2.75. The Balaban J connectivity index is 2.20. The van der Waals surface area contributed by atoms with Gasteiger partial charge in [-0.1, -0.05) is 17.7 Å². The molecule has 1 atom stereocenters. The molecule has 1 aromatic rings. The molecule has 1 aliphatic rings. The summed E-state index contributed by atoms with van der Waals surface area (Å²) in [5.74, 6) is 0.0367. The zero-order valence-corrected chi connectivity index (χ0v) is 12.5. The van der Waals surface area contributed by atoms with Gasteiger partial charge in [0, 0.05) is 26.3 Å². The van der Waals surface area contributed by atoms with Crippen LogP contribution in [0.1, 0.15) is 23.2 Å². The lowest BCUT2D eigenvalue weighted by atomic mass is 9.98. The van der Waals surface area contributed by atoms with Crippen molar-refractivity contribution >= 4 is 23.2 Å². The van der Waals surface area contributed by atoms with Crippen LogP contribution >= 0.6 is 11.6 Å². The van der Waals surface area contributed by atoms with Gasteiger partial charge in [-0.2, -0.15) is 0 Å². The van der Waals surface area contributed by atoms with Crippen LogP contribution < -0.4 is 0 Å². The van der Waals surface area contributed by atoms with Crippen molar-refractivity contribution in [3.63, 3.8) is 0 Å². The molecule has 0 N–H and O–H groups in total. The van der Waals surface area contributed by atoms with Gasteiger partial charge in [-0.05, 0) is 24.8 Å². The minimum absolute atomic E-state index is 0.0960. The van der Waals surface area contributed by atoms with Crippen LogP contribution in [0.5, 0.6) is 0 Å². The van der Waals surface area contributed by atoms with Crippen LogP contribution in [0.4, 0.5) is 5.69 Å². The molecule has 2 rings (SSSR count). The zero-order valence-electron chi connectivity index (χ0n) is 11.8. The van der Waals surface area contributed by atoms with Gasteiger partial charge >= 0.3 is 0 Å². The standard InChI is InChI=1S/C14H17ClN2O4/c1-21-9-10-4-3-7-16(8-10)14(18)11-5-2-6-12(13(11)15)17(19)20/h2,5-6,10H,3-4,7-9H2,1H3. The number of nitrogens with zero attached hydrogens (tertiary/aromatic N) is 2. The van der Waals surface area contributed by atoms with E-state index in [0.29, 0.717) is 25.6 Å². The Bertz CT molecular complexity index is 548. The fourth-order valence-electron chi connectivity index (χ4n) is 2.62. The van der Waals surface area contributed by atoms with Crippen molar-refractivity contribution in [2.24, 2.45) is 5.92 Å². The van der Waals surface area contributed by atoms with Crippen molar-refractivity contribution in [2.45, 2.75) is 12.8 Å². The number of nitro benzene ring substituents is 1. The Morgan fingerprint density at radius 3 is 3.00 bits per heavy atom. The smallest absolute Gasteiger partial charge is 0.288 e. The summed E-state index contributed by atoms with van der Waals surface area (Å²) in [6.45, 7) is 1.83. The van der Waals surface area contributed by atoms with Crippen LogP contribution in [0.15, 0.2) is 18.2 Å². The number of nitro groups is 1. The van der Waals surface area contributed by atoms with E-state index in [1.54, 1.807) is 12.0 Å². The minimum atomic E-state index is -0.580. The van der Waals surface area contributed by atoms with E-state index in [4.69, 9.17) is 16.3 Å². The molecule has 21 heavy (non-hydrogen) atoms. The highest BCUT2D eigenvalue weighted by molar-refractivity contribution is 6.35. The number of carbonyl (C=O) groups excluding carboxylic acids is 1. The summed E-state index contributed by atoms with van der Waals surface area (Å²) in [6, 6.07) is 4.30. The average molecular weight is 313 g/mol. The molecule has 1 aliphatic heterocycles. The lowest BCUT2D eigenvalue weighted by molar-refractivity contribution is -0.384. The molecule has 0 aromatic heterocycles. The van der Waals surface area contributed by atoms with Crippen molar-refractivity contribution in [3.8, 4) is 0 Å². The maximum atomic E-state index is 12.5. The highest BCUT2D eigenvalue weighted by atomic mass is 35.5. The van der Waals surface area contributed by atoms with Crippen molar-refractivity contribution < 1.29 is 14.5 Å². The van der Waals surface area contributed by atoms with Crippen LogP contribution in [0, 0.1) is 16.0 Å². The third kappa shape index (κ3) is 3.51.